The Kier molecular flexibility index (Phi) is 6.07. The zero-order valence-corrected chi connectivity index (χ0v) is 10.7. The van der Waals surface area contributed by atoms with E-state index in [4.69, 9.17) is 4.74 Å². The van der Waals surface area contributed by atoms with Gasteiger partial charge in [-0.25, -0.2) is 9.97 Å². The second-order valence-electron chi connectivity index (χ2n) is 3.71. The predicted molar refractivity (Wildman–Crippen MR) is 70.5 cm³/mol. The van der Waals surface area contributed by atoms with Crippen molar-refractivity contribution in [2.45, 2.75) is 33.1 Å². The molecule has 4 nitrogen and oxygen atoms in total. The van der Waals surface area contributed by atoms with Crippen LogP contribution in [0.4, 0.5) is 5.82 Å². The Morgan fingerprint density at radius 1 is 1.41 bits per heavy atom. The molecule has 0 unspecified atom stereocenters. The smallest absolute Gasteiger partial charge is 0.221 e. The van der Waals surface area contributed by atoms with E-state index in [1.807, 2.05) is 6.08 Å². The minimum Gasteiger partial charge on any atom is -0.477 e. The van der Waals surface area contributed by atoms with E-state index in [9.17, 15) is 0 Å². The number of nitrogens with zero attached hydrogens (tertiary/aromatic N) is 2. The summed E-state index contributed by atoms with van der Waals surface area (Å²) < 4.78 is 5.65. The van der Waals surface area contributed by atoms with Crippen molar-refractivity contribution in [3.05, 3.63) is 24.5 Å². The molecule has 0 aromatic carbocycles. The van der Waals surface area contributed by atoms with E-state index in [1.54, 1.807) is 6.33 Å². The van der Waals surface area contributed by atoms with E-state index in [0.29, 0.717) is 12.5 Å². The zero-order valence-electron chi connectivity index (χ0n) is 10.7. The average Bonchev–Trinajstić information content (AvgIpc) is 2.33. The summed E-state index contributed by atoms with van der Waals surface area (Å²) >= 11 is 0. The third-order valence-corrected chi connectivity index (χ3v) is 2.31. The van der Waals surface area contributed by atoms with Gasteiger partial charge in [0.25, 0.3) is 0 Å². The third-order valence-electron chi connectivity index (χ3n) is 2.31. The Morgan fingerprint density at radius 3 is 2.88 bits per heavy atom. The SMILES string of the molecule is C=CCCOc1ncnc(NCC)c1CCC. The van der Waals surface area contributed by atoms with Gasteiger partial charge < -0.3 is 10.1 Å². The largest absolute Gasteiger partial charge is 0.477 e. The molecule has 0 aliphatic rings. The zero-order chi connectivity index (χ0) is 12.5. The van der Waals surface area contributed by atoms with Crippen LogP contribution in [-0.4, -0.2) is 23.1 Å². The summed E-state index contributed by atoms with van der Waals surface area (Å²) in [5, 5.41) is 3.24. The van der Waals surface area contributed by atoms with Crippen LogP contribution in [0.1, 0.15) is 32.3 Å². The van der Waals surface area contributed by atoms with Gasteiger partial charge >= 0.3 is 0 Å². The minimum absolute atomic E-state index is 0.614. The van der Waals surface area contributed by atoms with Gasteiger partial charge in [0.15, 0.2) is 0 Å². The predicted octanol–water partition coefficient (Wildman–Crippen LogP) is 2.82. The van der Waals surface area contributed by atoms with Gasteiger partial charge in [-0.1, -0.05) is 19.4 Å². The summed E-state index contributed by atoms with van der Waals surface area (Å²) in [6.45, 7) is 9.32. The van der Waals surface area contributed by atoms with Crippen LogP contribution in [0.2, 0.25) is 0 Å². The van der Waals surface area contributed by atoms with Gasteiger partial charge in [-0.3, -0.25) is 0 Å². The first-order chi connectivity index (χ1) is 8.33. The molecular formula is C13H21N3O. The highest BCUT2D eigenvalue weighted by atomic mass is 16.5. The fourth-order valence-electron chi connectivity index (χ4n) is 1.55. The molecule has 17 heavy (non-hydrogen) atoms. The van der Waals surface area contributed by atoms with Gasteiger partial charge in [0.05, 0.1) is 12.2 Å². The molecule has 0 amide bonds. The van der Waals surface area contributed by atoms with Crippen molar-refractivity contribution in [1.82, 2.24) is 9.97 Å². The second-order valence-corrected chi connectivity index (χ2v) is 3.71. The van der Waals surface area contributed by atoms with Crippen molar-refractivity contribution in [1.29, 1.82) is 0 Å². The molecule has 1 aromatic rings. The van der Waals surface area contributed by atoms with Crippen LogP contribution < -0.4 is 10.1 Å². The van der Waals surface area contributed by atoms with Gasteiger partial charge in [-0.05, 0) is 19.8 Å². The molecule has 4 heteroatoms. The van der Waals surface area contributed by atoms with Crippen LogP contribution >= 0.6 is 0 Å². The fraction of sp³-hybridized carbons (Fsp3) is 0.538. The number of rotatable bonds is 8. The first kappa shape index (κ1) is 13.5. The Balaban J connectivity index is 2.84. The lowest BCUT2D eigenvalue weighted by atomic mass is 10.1. The van der Waals surface area contributed by atoms with Gasteiger partial charge in [0.1, 0.15) is 12.1 Å². The monoisotopic (exact) mass is 235 g/mol. The third kappa shape index (κ3) is 4.06. The fourth-order valence-corrected chi connectivity index (χ4v) is 1.55. The second kappa shape index (κ2) is 7.65. The quantitative estimate of drug-likeness (QED) is 0.556. The molecule has 0 aliphatic heterocycles. The molecule has 1 aromatic heterocycles. The standard InChI is InChI=1S/C13H21N3O/c1-4-7-9-17-13-11(8-5-2)12(14-6-3)15-10-16-13/h4,10H,1,5-9H2,2-3H3,(H,14,15,16). The molecule has 0 saturated heterocycles. The van der Waals surface area contributed by atoms with Crippen LogP contribution in [0.5, 0.6) is 5.88 Å². The number of aromatic nitrogens is 2. The molecule has 1 rings (SSSR count). The summed E-state index contributed by atoms with van der Waals surface area (Å²) in [6.07, 6.45) is 6.18. The van der Waals surface area contributed by atoms with E-state index in [0.717, 1.165) is 37.2 Å². The van der Waals surface area contributed by atoms with Crippen molar-refractivity contribution in [3.63, 3.8) is 0 Å². The topological polar surface area (TPSA) is 47.0 Å². The average molecular weight is 235 g/mol. The summed E-state index contributed by atoms with van der Waals surface area (Å²) in [5.41, 5.74) is 1.07. The maximum atomic E-state index is 5.65. The first-order valence-corrected chi connectivity index (χ1v) is 6.14. The highest BCUT2D eigenvalue weighted by Crippen LogP contribution is 2.23. The van der Waals surface area contributed by atoms with E-state index < -0.39 is 0 Å². The van der Waals surface area contributed by atoms with Gasteiger partial charge in [0.2, 0.25) is 5.88 Å². The highest BCUT2D eigenvalue weighted by Gasteiger charge is 2.10. The number of hydrogen-bond acceptors (Lipinski definition) is 4. The highest BCUT2D eigenvalue weighted by molar-refractivity contribution is 5.48. The molecule has 0 bridgehead atoms. The molecule has 0 saturated carbocycles. The maximum absolute atomic E-state index is 5.65. The lowest BCUT2D eigenvalue weighted by molar-refractivity contribution is 0.308. The summed E-state index contributed by atoms with van der Waals surface area (Å²) in [6, 6.07) is 0. The number of ether oxygens (including phenoxy) is 1. The van der Waals surface area contributed by atoms with E-state index >= 15 is 0 Å². The van der Waals surface area contributed by atoms with Crippen LogP contribution in [0.15, 0.2) is 19.0 Å². The molecule has 0 fully saturated rings. The number of nitrogens with one attached hydrogen (secondary N) is 1. The lowest BCUT2D eigenvalue weighted by Gasteiger charge is -2.13. The summed E-state index contributed by atoms with van der Waals surface area (Å²) in [4.78, 5) is 8.46. The van der Waals surface area contributed by atoms with Crippen LogP contribution in [0.25, 0.3) is 0 Å². The van der Waals surface area contributed by atoms with Gasteiger partial charge in [-0.2, -0.15) is 0 Å². The Bertz CT molecular complexity index is 353. The Morgan fingerprint density at radius 2 is 2.24 bits per heavy atom. The van der Waals surface area contributed by atoms with Gasteiger partial charge in [0, 0.05) is 6.54 Å². The molecule has 1 heterocycles. The molecule has 0 spiro atoms. The normalized spacial score (nSPS) is 10.0. The van der Waals surface area contributed by atoms with Crippen molar-refractivity contribution < 1.29 is 4.74 Å². The van der Waals surface area contributed by atoms with Crippen molar-refractivity contribution >= 4 is 5.82 Å². The van der Waals surface area contributed by atoms with E-state index in [1.165, 1.54) is 0 Å². The Hall–Kier alpha value is -1.58. The summed E-state index contributed by atoms with van der Waals surface area (Å²) in [5.74, 6) is 1.58. The summed E-state index contributed by atoms with van der Waals surface area (Å²) in [7, 11) is 0. The van der Waals surface area contributed by atoms with E-state index in [-0.39, 0.29) is 0 Å². The first-order valence-electron chi connectivity index (χ1n) is 6.14. The minimum atomic E-state index is 0.614. The van der Waals surface area contributed by atoms with Crippen molar-refractivity contribution in [2.75, 3.05) is 18.5 Å². The molecule has 0 atom stereocenters. The Labute approximate surface area is 103 Å². The number of anilines is 1. The van der Waals surface area contributed by atoms with Gasteiger partial charge in [-0.15, -0.1) is 6.58 Å². The van der Waals surface area contributed by atoms with Crippen LogP contribution in [0.3, 0.4) is 0 Å². The molecule has 0 radical (unpaired) electrons. The number of hydrogen-bond donors (Lipinski definition) is 1. The molecular weight excluding hydrogens is 214 g/mol. The maximum Gasteiger partial charge on any atom is 0.221 e. The molecule has 94 valence electrons. The lowest BCUT2D eigenvalue weighted by Crippen LogP contribution is -2.08. The van der Waals surface area contributed by atoms with Crippen molar-refractivity contribution in [2.24, 2.45) is 0 Å². The molecule has 1 N–H and O–H groups in total. The molecule has 0 aliphatic carbocycles. The van der Waals surface area contributed by atoms with E-state index in [2.05, 4.69) is 35.7 Å². The van der Waals surface area contributed by atoms with Crippen molar-refractivity contribution in [3.8, 4) is 5.88 Å². The van der Waals surface area contributed by atoms with Crippen LogP contribution in [0, 0.1) is 0 Å². The van der Waals surface area contributed by atoms with Crippen LogP contribution in [-0.2, 0) is 6.42 Å².